The molecule has 0 aliphatic carbocycles. The van der Waals surface area contributed by atoms with Crippen LogP contribution in [0.2, 0.25) is 5.02 Å². The summed E-state index contributed by atoms with van der Waals surface area (Å²) in [4.78, 5) is 26.7. The second-order valence-corrected chi connectivity index (χ2v) is 6.60. The highest BCUT2D eigenvalue weighted by Crippen LogP contribution is 2.35. The predicted octanol–water partition coefficient (Wildman–Crippen LogP) is 4.02. The lowest BCUT2D eigenvalue weighted by atomic mass is 10.1. The molecule has 2 amide bonds. The van der Waals surface area contributed by atoms with Crippen LogP contribution in [-0.4, -0.2) is 24.9 Å². The minimum atomic E-state index is -0.376. The molecule has 0 atom stereocenters. The normalized spacial score (nSPS) is 14.7. The molecule has 1 aliphatic heterocycles. The van der Waals surface area contributed by atoms with E-state index < -0.39 is 0 Å². The molecule has 0 fully saturated rings. The molecule has 3 rings (SSSR count). The van der Waals surface area contributed by atoms with Gasteiger partial charge in [-0.25, -0.2) is 0 Å². The highest BCUT2D eigenvalue weighted by molar-refractivity contribution is 6.32. The Morgan fingerprint density at radius 1 is 1.19 bits per heavy atom. The van der Waals surface area contributed by atoms with Gasteiger partial charge in [0, 0.05) is 11.6 Å². The van der Waals surface area contributed by atoms with Crippen molar-refractivity contribution in [2.45, 2.75) is 19.8 Å². The van der Waals surface area contributed by atoms with Crippen LogP contribution in [0, 0.1) is 0 Å². The molecule has 1 heterocycles. The van der Waals surface area contributed by atoms with E-state index in [2.05, 4.69) is 12.2 Å². The van der Waals surface area contributed by atoms with E-state index in [1.165, 1.54) is 4.90 Å². The van der Waals surface area contributed by atoms with Crippen molar-refractivity contribution in [1.29, 1.82) is 0 Å². The Balaban J connectivity index is 1.89. The highest BCUT2D eigenvalue weighted by Gasteiger charge is 2.31. The van der Waals surface area contributed by atoms with Crippen LogP contribution < -0.4 is 15.0 Å². The Hall–Kier alpha value is -2.79. The Morgan fingerprint density at radius 2 is 1.93 bits per heavy atom. The van der Waals surface area contributed by atoms with Gasteiger partial charge in [-0.05, 0) is 36.3 Å². The first-order valence-corrected chi connectivity index (χ1v) is 9.29. The fourth-order valence-electron chi connectivity index (χ4n) is 2.76. The van der Waals surface area contributed by atoms with Crippen LogP contribution in [0.4, 0.5) is 5.69 Å². The summed E-state index contributed by atoms with van der Waals surface area (Å²) in [6.45, 7) is 2.58. The maximum Gasteiger partial charge on any atom is 0.294 e. The van der Waals surface area contributed by atoms with Gasteiger partial charge in [0.2, 0.25) is 5.91 Å². The molecule has 0 bridgehead atoms. The number of nitrogens with one attached hydrogen (secondary N) is 1. The number of fused-ring (bicyclic) bond motifs is 1. The number of rotatable bonds is 6. The van der Waals surface area contributed by atoms with E-state index in [-0.39, 0.29) is 24.1 Å². The summed E-state index contributed by atoms with van der Waals surface area (Å²) in [5, 5.41) is 3.36. The fraction of sp³-hybridized carbons (Fsp3) is 0.238. The SMILES string of the molecule is CCCCNC(=O)CN1C(=O)/C(=C\c2ccccc2Cl)Oc2ccccc21. The summed E-state index contributed by atoms with van der Waals surface area (Å²) in [5.41, 5.74) is 1.25. The lowest BCUT2D eigenvalue weighted by molar-refractivity contribution is -0.123. The van der Waals surface area contributed by atoms with E-state index in [9.17, 15) is 9.59 Å². The van der Waals surface area contributed by atoms with Crippen LogP contribution in [0.5, 0.6) is 5.75 Å². The third kappa shape index (κ3) is 4.49. The number of unbranched alkanes of at least 4 members (excludes halogenated alkanes) is 1. The van der Waals surface area contributed by atoms with Gasteiger partial charge in [-0.15, -0.1) is 0 Å². The van der Waals surface area contributed by atoms with Gasteiger partial charge < -0.3 is 10.1 Å². The molecule has 140 valence electrons. The zero-order valence-electron chi connectivity index (χ0n) is 15.1. The average molecular weight is 385 g/mol. The van der Waals surface area contributed by atoms with Crippen molar-refractivity contribution < 1.29 is 14.3 Å². The van der Waals surface area contributed by atoms with E-state index in [1.54, 1.807) is 36.4 Å². The van der Waals surface area contributed by atoms with Gasteiger partial charge in [0.1, 0.15) is 6.54 Å². The Bertz CT molecular complexity index is 879. The summed E-state index contributed by atoms with van der Waals surface area (Å²) in [6.07, 6.45) is 3.49. The summed E-state index contributed by atoms with van der Waals surface area (Å²) in [7, 11) is 0. The van der Waals surface area contributed by atoms with Crippen LogP contribution >= 0.6 is 11.6 Å². The summed E-state index contributed by atoms with van der Waals surface area (Å²) in [5.74, 6) is 0.0739. The third-order valence-corrected chi connectivity index (χ3v) is 4.52. The molecule has 27 heavy (non-hydrogen) atoms. The summed E-state index contributed by atoms with van der Waals surface area (Å²) in [6, 6.07) is 14.3. The minimum Gasteiger partial charge on any atom is -0.449 e. The van der Waals surface area contributed by atoms with Crippen molar-refractivity contribution in [2.75, 3.05) is 18.0 Å². The van der Waals surface area contributed by atoms with E-state index in [1.807, 2.05) is 18.2 Å². The number of carbonyl (C=O) groups excluding carboxylic acids is 2. The van der Waals surface area contributed by atoms with Crippen molar-refractivity contribution in [3.05, 3.63) is 64.9 Å². The number of halogens is 1. The maximum absolute atomic E-state index is 13.0. The summed E-state index contributed by atoms with van der Waals surface area (Å²) >= 11 is 6.19. The maximum atomic E-state index is 13.0. The molecule has 0 aromatic heterocycles. The fourth-order valence-corrected chi connectivity index (χ4v) is 2.95. The zero-order chi connectivity index (χ0) is 19.2. The average Bonchev–Trinajstić information content (AvgIpc) is 2.67. The van der Waals surface area contributed by atoms with E-state index in [4.69, 9.17) is 16.3 Å². The van der Waals surface area contributed by atoms with Crippen molar-refractivity contribution in [2.24, 2.45) is 0 Å². The molecule has 0 saturated carbocycles. The van der Waals surface area contributed by atoms with Crippen molar-refractivity contribution in [3.63, 3.8) is 0 Å². The molecule has 6 heteroatoms. The molecular weight excluding hydrogens is 364 g/mol. The van der Waals surface area contributed by atoms with Crippen molar-refractivity contribution in [3.8, 4) is 5.75 Å². The molecular formula is C21H21ClN2O3. The van der Waals surface area contributed by atoms with Crippen LogP contribution in [0.1, 0.15) is 25.3 Å². The van der Waals surface area contributed by atoms with E-state index in [0.29, 0.717) is 28.6 Å². The quantitative estimate of drug-likeness (QED) is 0.604. The van der Waals surface area contributed by atoms with Gasteiger partial charge in [0.25, 0.3) is 5.91 Å². The number of benzene rings is 2. The first kappa shape index (κ1) is 19.0. The standard InChI is InChI=1S/C21H21ClN2O3/c1-2-3-12-23-20(25)14-24-17-10-6-7-11-18(17)27-19(21(24)26)13-15-8-4-5-9-16(15)22/h4-11,13H,2-3,12,14H2,1H3,(H,23,25)/b19-13+. The first-order chi connectivity index (χ1) is 13.1. The van der Waals surface area contributed by atoms with Crippen LogP contribution in [-0.2, 0) is 9.59 Å². The molecule has 0 saturated heterocycles. The Kier molecular flexibility index (Phi) is 6.14. The number of nitrogens with zero attached hydrogens (tertiary/aromatic N) is 1. The molecule has 0 spiro atoms. The van der Waals surface area contributed by atoms with Crippen LogP contribution in [0.15, 0.2) is 54.3 Å². The van der Waals surface area contributed by atoms with Crippen LogP contribution in [0.3, 0.4) is 0 Å². The van der Waals surface area contributed by atoms with E-state index in [0.717, 1.165) is 12.8 Å². The molecule has 1 aliphatic rings. The monoisotopic (exact) mass is 384 g/mol. The van der Waals surface area contributed by atoms with Gasteiger partial charge in [0.15, 0.2) is 11.5 Å². The highest BCUT2D eigenvalue weighted by atomic mass is 35.5. The van der Waals surface area contributed by atoms with Gasteiger partial charge >= 0.3 is 0 Å². The van der Waals surface area contributed by atoms with Crippen molar-refractivity contribution >= 4 is 35.2 Å². The first-order valence-electron chi connectivity index (χ1n) is 8.92. The topological polar surface area (TPSA) is 58.6 Å². The summed E-state index contributed by atoms with van der Waals surface area (Å²) < 4.78 is 5.79. The Labute approximate surface area is 163 Å². The molecule has 2 aromatic rings. The van der Waals surface area contributed by atoms with Gasteiger partial charge in [0.05, 0.1) is 5.69 Å². The number of ether oxygens (including phenoxy) is 1. The van der Waals surface area contributed by atoms with Crippen molar-refractivity contribution in [1.82, 2.24) is 5.32 Å². The van der Waals surface area contributed by atoms with Gasteiger partial charge in [-0.3, -0.25) is 14.5 Å². The number of anilines is 1. The van der Waals surface area contributed by atoms with Gasteiger partial charge in [-0.2, -0.15) is 0 Å². The van der Waals surface area contributed by atoms with Crippen LogP contribution in [0.25, 0.3) is 6.08 Å². The number of para-hydroxylation sites is 2. The number of hydrogen-bond acceptors (Lipinski definition) is 3. The number of carbonyl (C=O) groups is 2. The smallest absolute Gasteiger partial charge is 0.294 e. The second-order valence-electron chi connectivity index (χ2n) is 6.19. The zero-order valence-corrected chi connectivity index (χ0v) is 15.8. The Morgan fingerprint density at radius 3 is 2.70 bits per heavy atom. The van der Waals surface area contributed by atoms with E-state index >= 15 is 0 Å². The number of amides is 2. The lowest BCUT2D eigenvalue weighted by Gasteiger charge is -2.30. The molecule has 1 N–H and O–H groups in total. The molecule has 5 nitrogen and oxygen atoms in total. The predicted molar refractivity (Wildman–Crippen MR) is 107 cm³/mol. The number of hydrogen-bond donors (Lipinski definition) is 1. The minimum absolute atomic E-state index is 0.0667. The molecule has 0 radical (unpaired) electrons. The third-order valence-electron chi connectivity index (χ3n) is 4.18. The molecule has 0 unspecified atom stereocenters. The van der Waals surface area contributed by atoms with Gasteiger partial charge in [-0.1, -0.05) is 55.3 Å². The largest absolute Gasteiger partial charge is 0.449 e. The molecule has 2 aromatic carbocycles. The second kappa shape index (κ2) is 8.73. The lowest BCUT2D eigenvalue weighted by Crippen LogP contribution is -2.44.